The third-order valence-corrected chi connectivity index (χ3v) is 3.83. The van der Waals surface area contributed by atoms with Crippen LogP contribution in [-0.4, -0.2) is 47.3 Å². The molecule has 1 N–H and O–H groups in total. The van der Waals surface area contributed by atoms with Gasteiger partial charge >= 0.3 is 5.97 Å². The summed E-state index contributed by atoms with van der Waals surface area (Å²) < 4.78 is 5.41. The summed E-state index contributed by atoms with van der Waals surface area (Å²) in [7, 11) is 0. The van der Waals surface area contributed by atoms with E-state index < -0.39 is 5.97 Å². The van der Waals surface area contributed by atoms with Crippen molar-refractivity contribution in [1.29, 1.82) is 0 Å². The molecule has 16 heavy (non-hydrogen) atoms. The molecule has 92 valence electrons. The topological polar surface area (TPSA) is 53.1 Å². The number of carboxylic acid groups (broad SMARTS) is 1. The predicted octanol–water partition coefficient (Wildman–Crippen LogP) is 1.35. The Morgan fingerprint density at radius 2 is 2.31 bits per heavy atom. The van der Waals surface area contributed by atoms with Gasteiger partial charge in [0.2, 0.25) is 0 Å². The van der Waals surface area contributed by atoms with Crippen LogP contribution >= 0.6 is 0 Å². The molecule has 0 aromatic rings. The first-order valence-electron chi connectivity index (χ1n) is 6.15. The van der Waals surface area contributed by atoms with E-state index in [0.717, 1.165) is 39.0 Å². The van der Waals surface area contributed by atoms with Gasteiger partial charge in [0.15, 0.2) is 0 Å². The Labute approximate surface area is 96.6 Å². The molecule has 0 radical (unpaired) electrons. The molecule has 2 aliphatic rings. The number of rotatable bonds is 4. The highest BCUT2D eigenvalue weighted by atomic mass is 16.6. The summed E-state index contributed by atoms with van der Waals surface area (Å²) in [5, 5.41) is 9.04. The zero-order valence-electron chi connectivity index (χ0n) is 10.1. The summed E-state index contributed by atoms with van der Waals surface area (Å²) in [6.45, 7) is 6.97. The van der Waals surface area contributed by atoms with E-state index in [1.165, 1.54) is 0 Å². The summed E-state index contributed by atoms with van der Waals surface area (Å²) in [6.07, 6.45) is 2.60. The number of nitrogens with zero attached hydrogens (tertiary/aromatic N) is 1. The Hall–Kier alpha value is -0.610. The van der Waals surface area contributed by atoms with Crippen LogP contribution in [-0.2, 0) is 9.53 Å². The van der Waals surface area contributed by atoms with E-state index in [9.17, 15) is 4.79 Å². The number of piperidine rings is 1. The minimum Gasteiger partial charge on any atom is -0.481 e. The van der Waals surface area contributed by atoms with Crippen molar-refractivity contribution in [3.05, 3.63) is 0 Å². The zero-order valence-corrected chi connectivity index (χ0v) is 10.1. The van der Waals surface area contributed by atoms with E-state index in [0.29, 0.717) is 6.04 Å². The number of hydrogen-bond donors (Lipinski definition) is 1. The summed E-state index contributed by atoms with van der Waals surface area (Å²) in [5.41, 5.74) is 0.0451. The molecule has 0 amide bonds. The Bertz CT molecular complexity index is 275. The van der Waals surface area contributed by atoms with Crippen LogP contribution in [0.5, 0.6) is 0 Å². The van der Waals surface area contributed by atoms with Gasteiger partial charge in [-0.15, -0.1) is 0 Å². The van der Waals surface area contributed by atoms with E-state index in [2.05, 4.69) is 18.7 Å². The molecule has 0 saturated carbocycles. The monoisotopic (exact) mass is 227 g/mol. The fraction of sp³-hybridized carbons (Fsp3) is 0.917. The average Bonchev–Trinajstić information content (AvgIpc) is 2.96. The third-order valence-electron chi connectivity index (χ3n) is 3.83. The molecule has 0 bridgehead atoms. The second-order valence-electron chi connectivity index (χ2n) is 5.33. The maximum Gasteiger partial charge on any atom is 0.306 e. The van der Waals surface area contributed by atoms with Crippen molar-refractivity contribution in [3.63, 3.8) is 0 Å². The number of likely N-dealkylation sites (tertiary alicyclic amines) is 1. The first-order chi connectivity index (χ1) is 7.54. The smallest absolute Gasteiger partial charge is 0.306 e. The van der Waals surface area contributed by atoms with Crippen molar-refractivity contribution < 1.29 is 14.6 Å². The molecule has 4 nitrogen and oxygen atoms in total. The van der Waals surface area contributed by atoms with Crippen LogP contribution in [0.25, 0.3) is 0 Å². The van der Waals surface area contributed by atoms with Gasteiger partial charge in [-0.3, -0.25) is 9.69 Å². The molecule has 4 heteroatoms. The quantitative estimate of drug-likeness (QED) is 0.737. The minimum atomic E-state index is -0.632. The van der Waals surface area contributed by atoms with Crippen LogP contribution in [0.2, 0.25) is 0 Å². The lowest BCUT2D eigenvalue weighted by Crippen LogP contribution is -2.47. The van der Waals surface area contributed by atoms with Gasteiger partial charge in [-0.2, -0.15) is 0 Å². The lowest BCUT2D eigenvalue weighted by atomic mass is 9.89. The molecule has 2 saturated heterocycles. The standard InChI is InChI=1S/C12H21NO3/c1-3-10-6-9(11(14)15)4-5-13(10)7-12(2)8-16-12/h9-10H,3-8H2,1-2H3,(H,14,15)/t9?,10-,12?/m0/s1. The summed E-state index contributed by atoms with van der Waals surface area (Å²) >= 11 is 0. The first kappa shape index (κ1) is 11.9. The molecule has 0 aromatic heterocycles. The molecular weight excluding hydrogens is 206 g/mol. The van der Waals surface area contributed by atoms with Crippen molar-refractivity contribution in [3.8, 4) is 0 Å². The van der Waals surface area contributed by atoms with Crippen molar-refractivity contribution in [2.45, 2.75) is 44.8 Å². The minimum absolute atomic E-state index is 0.0451. The molecule has 0 spiro atoms. The first-order valence-corrected chi connectivity index (χ1v) is 6.15. The fourth-order valence-corrected chi connectivity index (χ4v) is 2.60. The van der Waals surface area contributed by atoms with Crippen LogP contribution in [0.4, 0.5) is 0 Å². The highest BCUT2D eigenvalue weighted by molar-refractivity contribution is 5.70. The molecule has 2 fully saturated rings. The second-order valence-corrected chi connectivity index (χ2v) is 5.33. The van der Waals surface area contributed by atoms with Crippen LogP contribution in [0.3, 0.4) is 0 Å². The molecule has 2 heterocycles. The van der Waals surface area contributed by atoms with E-state index in [-0.39, 0.29) is 11.5 Å². The van der Waals surface area contributed by atoms with E-state index in [4.69, 9.17) is 9.84 Å². The number of aliphatic carboxylic acids is 1. The molecule has 2 unspecified atom stereocenters. The van der Waals surface area contributed by atoms with Gasteiger partial charge in [0.05, 0.1) is 12.5 Å². The maximum atomic E-state index is 11.0. The van der Waals surface area contributed by atoms with Crippen LogP contribution in [0.1, 0.15) is 33.1 Å². The predicted molar refractivity (Wildman–Crippen MR) is 60.4 cm³/mol. The summed E-state index contributed by atoms with van der Waals surface area (Å²) in [5.74, 6) is -0.777. The molecule has 2 aliphatic heterocycles. The molecule has 3 atom stereocenters. The number of hydrogen-bond acceptors (Lipinski definition) is 3. The van der Waals surface area contributed by atoms with Gasteiger partial charge in [-0.1, -0.05) is 6.92 Å². The van der Waals surface area contributed by atoms with Crippen LogP contribution in [0, 0.1) is 5.92 Å². The number of ether oxygens (including phenoxy) is 1. The SMILES string of the molecule is CC[C@H]1CC(C(=O)O)CCN1CC1(C)CO1. The highest BCUT2D eigenvalue weighted by Gasteiger charge is 2.43. The highest BCUT2D eigenvalue weighted by Crippen LogP contribution is 2.32. The van der Waals surface area contributed by atoms with E-state index in [1.807, 2.05) is 0 Å². The average molecular weight is 227 g/mol. The second kappa shape index (κ2) is 4.34. The largest absolute Gasteiger partial charge is 0.481 e. The van der Waals surface area contributed by atoms with Crippen molar-refractivity contribution >= 4 is 5.97 Å². The summed E-state index contributed by atoms with van der Waals surface area (Å²) in [6, 6.07) is 0.413. The van der Waals surface area contributed by atoms with Gasteiger partial charge in [0, 0.05) is 12.6 Å². The molecule has 2 rings (SSSR count). The van der Waals surface area contributed by atoms with Gasteiger partial charge in [0.1, 0.15) is 5.60 Å². The lowest BCUT2D eigenvalue weighted by molar-refractivity contribution is -0.144. The zero-order chi connectivity index (χ0) is 11.8. The maximum absolute atomic E-state index is 11.0. The summed E-state index contributed by atoms with van der Waals surface area (Å²) in [4.78, 5) is 13.4. The molecule has 0 aliphatic carbocycles. The van der Waals surface area contributed by atoms with Crippen LogP contribution < -0.4 is 0 Å². The van der Waals surface area contributed by atoms with Crippen molar-refractivity contribution in [2.75, 3.05) is 19.7 Å². The van der Waals surface area contributed by atoms with Gasteiger partial charge in [-0.05, 0) is 32.7 Å². The third kappa shape index (κ3) is 2.55. The van der Waals surface area contributed by atoms with Crippen molar-refractivity contribution in [2.24, 2.45) is 5.92 Å². The Morgan fingerprint density at radius 1 is 1.62 bits per heavy atom. The van der Waals surface area contributed by atoms with E-state index in [1.54, 1.807) is 0 Å². The van der Waals surface area contributed by atoms with Gasteiger partial charge in [0.25, 0.3) is 0 Å². The number of carboxylic acids is 1. The number of epoxide rings is 1. The Balaban J connectivity index is 1.92. The van der Waals surface area contributed by atoms with Crippen molar-refractivity contribution in [1.82, 2.24) is 4.90 Å². The van der Waals surface area contributed by atoms with Crippen LogP contribution in [0.15, 0.2) is 0 Å². The normalized spacial score (nSPS) is 39.6. The molecular formula is C12H21NO3. The van der Waals surface area contributed by atoms with Gasteiger partial charge < -0.3 is 9.84 Å². The van der Waals surface area contributed by atoms with Gasteiger partial charge in [-0.25, -0.2) is 0 Å². The number of carbonyl (C=O) groups is 1. The Morgan fingerprint density at radius 3 is 2.81 bits per heavy atom. The van der Waals surface area contributed by atoms with E-state index >= 15 is 0 Å². The fourth-order valence-electron chi connectivity index (χ4n) is 2.60. The molecule has 0 aromatic carbocycles. The lowest BCUT2D eigenvalue weighted by Gasteiger charge is -2.38. The Kier molecular flexibility index (Phi) is 3.22.